The van der Waals surface area contributed by atoms with Crippen molar-refractivity contribution in [3.8, 4) is 0 Å². The third-order valence-electron chi connectivity index (χ3n) is 17.2. The molecule has 7 aliphatic rings. The van der Waals surface area contributed by atoms with Crippen molar-refractivity contribution in [3.63, 3.8) is 0 Å². The van der Waals surface area contributed by atoms with Gasteiger partial charge in [0.1, 0.15) is 30.5 Å². The van der Waals surface area contributed by atoms with Crippen LogP contribution in [0.3, 0.4) is 0 Å². The molecule has 2 aliphatic heterocycles. The molecule has 14 nitrogen and oxygen atoms in total. The van der Waals surface area contributed by atoms with Crippen molar-refractivity contribution in [2.75, 3.05) is 0 Å². The summed E-state index contributed by atoms with van der Waals surface area (Å²) in [6.45, 7) is 15.3. The standard InChI is InChI=1S/C42H63O14P/c1-37(2)23-8-11-42(7)32(21(44)16-19-20-17-39(4,36(51)52)13-12-38(20,3)14-15-41(19,42)6)40(23,5)10-9-24(37)54-35-30(31(57)25(45)22(18-43)53-35)56-34-28(48)26(46)27(47)29(55-34)33(49)50/h16,18,20,22-32,34-35,45-48H,8-15,17,57H2,1-7H3,(H,49,50)(H,51,52)/t20-,22+,23-,24-,25+,26-,27-,28+,29-,30+,31-,32+,34-,35+,38+,39-,40-,41+,42+/m0/s1. The molecule has 0 aromatic heterocycles. The fraction of sp³-hybridized carbons (Fsp3) is 0.857. The molecule has 2 saturated heterocycles. The van der Waals surface area contributed by atoms with Crippen molar-refractivity contribution in [3.05, 3.63) is 11.6 Å². The maximum Gasteiger partial charge on any atom is 0.335 e. The molecule has 15 heteroatoms. The van der Waals surface area contributed by atoms with E-state index in [1.807, 2.05) is 13.0 Å². The van der Waals surface area contributed by atoms with E-state index < -0.39 is 95.3 Å². The number of hydrogen-bond donors (Lipinski definition) is 6. The summed E-state index contributed by atoms with van der Waals surface area (Å²) in [6, 6.07) is 0. The second-order valence-corrected chi connectivity index (χ2v) is 21.3. The van der Waals surface area contributed by atoms with Gasteiger partial charge in [0.2, 0.25) is 0 Å². The van der Waals surface area contributed by atoms with Crippen LogP contribution in [0.2, 0.25) is 0 Å². The molecule has 0 aromatic rings. The average Bonchev–Trinajstić information content (AvgIpc) is 3.13. The van der Waals surface area contributed by atoms with Crippen LogP contribution < -0.4 is 0 Å². The molecule has 0 radical (unpaired) electrons. The summed E-state index contributed by atoms with van der Waals surface area (Å²) < 4.78 is 24.2. The van der Waals surface area contributed by atoms with Crippen molar-refractivity contribution >= 4 is 33.2 Å². The first-order chi connectivity index (χ1) is 26.4. The maximum atomic E-state index is 14.9. The summed E-state index contributed by atoms with van der Waals surface area (Å²) in [6.07, 6.45) is -6.03. The van der Waals surface area contributed by atoms with Gasteiger partial charge in [-0.3, -0.25) is 9.59 Å². The number of rotatable bonds is 7. The van der Waals surface area contributed by atoms with E-state index in [4.69, 9.17) is 18.9 Å². The Morgan fingerprint density at radius 2 is 1.49 bits per heavy atom. The number of carbonyl (C=O) groups excluding carboxylic acids is 2. The third-order valence-corrected chi connectivity index (χ3v) is 18.0. The van der Waals surface area contributed by atoms with Crippen molar-refractivity contribution in [2.24, 2.45) is 50.2 Å². The van der Waals surface area contributed by atoms with Gasteiger partial charge >= 0.3 is 11.9 Å². The predicted octanol–water partition coefficient (Wildman–Crippen LogP) is 3.24. The number of ketones is 1. The highest BCUT2D eigenvalue weighted by molar-refractivity contribution is 7.17. The predicted molar refractivity (Wildman–Crippen MR) is 205 cm³/mol. The fourth-order valence-electron chi connectivity index (χ4n) is 13.4. The van der Waals surface area contributed by atoms with Crippen LogP contribution in [-0.4, -0.2) is 122 Å². The number of aliphatic hydroxyl groups excluding tert-OH is 4. The van der Waals surface area contributed by atoms with E-state index in [1.165, 1.54) is 0 Å². The van der Waals surface area contributed by atoms with Crippen LogP contribution in [0, 0.1) is 50.2 Å². The molecular formula is C42H63O14P. The number of aliphatic hydroxyl groups is 4. The maximum absolute atomic E-state index is 14.9. The molecule has 6 fully saturated rings. The van der Waals surface area contributed by atoms with Crippen LogP contribution in [0.25, 0.3) is 0 Å². The Kier molecular flexibility index (Phi) is 10.9. The molecule has 5 aliphatic carbocycles. The van der Waals surface area contributed by atoms with Crippen molar-refractivity contribution in [1.29, 1.82) is 0 Å². The molecule has 0 aromatic carbocycles. The Labute approximate surface area is 336 Å². The largest absolute Gasteiger partial charge is 0.481 e. The van der Waals surface area contributed by atoms with E-state index in [1.54, 1.807) is 0 Å². The lowest BCUT2D eigenvalue weighted by molar-refractivity contribution is -0.352. The summed E-state index contributed by atoms with van der Waals surface area (Å²) in [4.78, 5) is 51.3. The number of allylic oxidation sites excluding steroid dienone is 2. The van der Waals surface area contributed by atoms with Crippen molar-refractivity contribution in [1.82, 2.24) is 0 Å². The van der Waals surface area contributed by atoms with Crippen molar-refractivity contribution in [2.45, 2.75) is 173 Å². The van der Waals surface area contributed by atoms with Gasteiger partial charge in [0.05, 0.1) is 17.6 Å². The Bertz CT molecular complexity index is 1690. The van der Waals surface area contributed by atoms with Crippen LogP contribution in [0.15, 0.2) is 11.6 Å². The zero-order valence-corrected chi connectivity index (χ0v) is 35.3. The number of hydrogen-bond acceptors (Lipinski definition) is 12. The highest BCUT2D eigenvalue weighted by Gasteiger charge is 2.71. The molecule has 0 amide bonds. The molecule has 20 atom stereocenters. The van der Waals surface area contributed by atoms with Crippen LogP contribution >= 0.6 is 9.24 Å². The van der Waals surface area contributed by atoms with Gasteiger partial charge < -0.3 is 54.4 Å². The van der Waals surface area contributed by atoms with E-state index in [2.05, 4.69) is 50.8 Å². The molecule has 57 heavy (non-hydrogen) atoms. The van der Waals surface area contributed by atoms with Crippen LogP contribution in [-0.2, 0) is 38.1 Å². The first-order valence-corrected chi connectivity index (χ1v) is 21.3. The molecule has 2 heterocycles. The minimum absolute atomic E-state index is 0.0156. The summed E-state index contributed by atoms with van der Waals surface area (Å²) in [5, 5.41) is 62.3. The first kappa shape index (κ1) is 43.2. The molecule has 1 unspecified atom stereocenters. The highest BCUT2D eigenvalue weighted by Crippen LogP contribution is 2.75. The van der Waals surface area contributed by atoms with E-state index in [-0.39, 0.29) is 39.8 Å². The number of carboxylic acid groups (broad SMARTS) is 2. The monoisotopic (exact) mass is 822 g/mol. The number of fused-ring (bicyclic) bond motifs is 7. The van der Waals surface area contributed by atoms with Gasteiger partial charge in [-0.25, -0.2) is 4.79 Å². The number of carbonyl (C=O) groups is 4. The first-order valence-electron chi connectivity index (χ1n) is 20.7. The lowest BCUT2D eigenvalue weighted by Crippen LogP contribution is -2.67. The fourth-order valence-corrected chi connectivity index (χ4v) is 13.8. The Morgan fingerprint density at radius 3 is 2.12 bits per heavy atom. The normalized spacial score (nSPS) is 53.3. The lowest BCUT2D eigenvalue weighted by Gasteiger charge is -2.70. The van der Waals surface area contributed by atoms with Crippen LogP contribution in [0.1, 0.15) is 106 Å². The number of ether oxygens (including phenoxy) is 4. The van der Waals surface area contributed by atoms with Gasteiger partial charge in [0.25, 0.3) is 0 Å². The minimum atomic E-state index is -1.93. The summed E-state index contributed by atoms with van der Waals surface area (Å²) in [7, 11) is 2.40. The Morgan fingerprint density at radius 1 is 0.825 bits per heavy atom. The number of aldehydes is 1. The summed E-state index contributed by atoms with van der Waals surface area (Å²) in [5.41, 5.74) is -2.29. The molecule has 6 N–H and O–H groups in total. The smallest absolute Gasteiger partial charge is 0.335 e. The number of carboxylic acids is 2. The SMILES string of the molecule is CC1(C)[C@@H](O[C@H]2O[C@H](C=O)[C@@H](O)[C@H](P)[C@H]2O[C@@H]2O[C@H](C(=O)O)[C@@H](O)[C@H](O)[C@H]2O)CC[C@]2(C)[C@H]3C(=O)C=C4[C@@H]5C[C@@](C)(C(=O)O)CC[C@]5(C)CC[C@@]4(C)[C@]3(C)CC[C@@H]12. The second kappa shape index (κ2) is 14.4. The minimum Gasteiger partial charge on any atom is -0.481 e. The Balaban J connectivity index is 1.17. The molecule has 7 rings (SSSR count). The van der Waals surface area contributed by atoms with E-state index >= 15 is 0 Å². The summed E-state index contributed by atoms with van der Waals surface area (Å²) >= 11 is 0. The quantitative estimate of drug-likeness (QED) is 0.123. The van der Waals surface area contributed by atoms with Crippen molar-refractivity contribution < 1.29 is 68.8 Å². The van der Waals surface area contributed by atoms with Gasteiger partial charge in [-0.1, -0.05) is 47.1 Å². The molecule has 320 valence electrons. The molecule has 0 bridgehead atoms. The Hall–Kier alpha value is -1.87. The van der Waals surface area contributed by atoms with Gasteiger partial charge in [0.15, 0.2) is 30.8 Å². The third kappa shape index (κ3) is 6.36. The lowest BCUT2D eigenvalue weighted by atomic mass is 9.33. The summed E-state index contributed by atoms with van der Waals surface area (Å²) in [5.74, 6) is -2.48. The zero-order chi connectivity index (χ0) is 42.0. The van der Waals surface area contributed by atoms with Gasteiger partial charge in [-0.05, 0) is 110 Å². The molecule has 4 saturated carbocycles. The second-order valence-electron chi connectivity index (χ2n) is 20.6. The van der Waals surface area contributed by atoms with Crippen LogP contribution in [0.5, 0.6) is 0 Å². The van der Waals surface area contributed by atoms with E-state index in [9.17, 15) is 49.8 Å². The van der Waals surface area contributed by atoms with Gasteiger partial charge in [-0.15, -0.1) is 9.24 Å². The number of aliphatic carboxylic acids is 2. The zero-order valence-electron chi connectivity index (χ0n) is 34.1. The average molecular weight is 823 g/mol. The topological polar surface area (TPSA) is 227 Å². The molecule has 0 spiro atoms. The van der Waals surface area contributed by atoms with E-state index in [0.29, 0.717) is 32.0 Å². The van der Waals surface area contributed by atoms with Crippen LogP contribution in [0.4, 0.5) is 0 Å². The van der Waals surface area contributed by atoms with Gasteiger partial charge in [0, 0.05) is 11.6 Å². The van der Waals surface area contributed by atoms with Gasteiger partial charge in [-0.2, -0.15) is 0 Å². The van der Waals surface area contributed by atoms with E-state index in [0.717, 1.165) is 37.7 Å². The molecular weight excluding hydrogens is 759 g/mol. The highest BCUT2D eigenvalue weighted by atomic mass is 31.0.